The quantitative estimate of drug-likeness (QED) is 0.251. The first-order chi connectivity index (χ1) is 29.2. The van der Waals surface area contributed by atoms with Crippen LogP contribution in [0.2, 0.25) is 0 Å². The highest BCUT2D eigenvalue weighted by Gasteiger charge is 2.62. The van der Waals surface area contributed by atoms with Crippen molar-refractivity contribution in [2.24, 2.45) is 17.3 Å². The number of benzene rings is 1. The number of alkyl carbamates (subject to hydrolysis) is 1. The van der Waals surface area contributed by atoms with Crippen LogP contribution in [0.3, 0.4) is 0 Å². The highest BCUT2D eigenvalue weighted by atomic mass is 32.2. The number of amides is 4. The zero-order valence-corrected chi connectivity index (χ0v) is 36.5. The van der Waals surface area contributed by atoms with Gasteiger partial charge in [-0.25, -0.2) is 18.2 Å². The minimum Gasteiger partial charge on any atom is -0.496 e. The lowest BCUT2D eigenvalue weighted by atomic mass is 9.83. The molecule has 2 aromatic rings. The molecule has 0 radical (unpaired) electrons. The van der Waals surface area contributed by atoms with Gasteiger partial charge in [0.05, 0.1) is 31.0 Å². The molecule has 1 aromatic carbocycles. The van der Waals surface area contributed by atoms with Crippen molar-refractivity contribution in [3.8, 4) is 17.4 Å². The molecule has 332 valence electrons. The highest BCUT2D eigenvalue weighted by Crippen LogP contribution is 2.46. The number of hydrogen-bond donors (Lipinski definition) is 3. The van der Waals surface area contributed by atoms with Crippen molar-refractivity contribution in [2.45, 2.75) is 152 Å². The van der Waals surface area contributed by atoms with Gasteiger partial charge in [0.15, 0.2) is 0 Å². The fraction of sp³-hybridized carbons (Fsp3) is 0.667. The normalized spacial score (nSPS) is 28.8. The first-order valence-corrected chi connectivity index (χ1v) is 23.8. The summed E-state index contributed by atoms with van der Waals surface area (Å²) in [4.78, 5) is 63.4. The van der Waals surface area contributed by atoms with E-state index in [9.17, 15) is 22.8 Å². The summed E-state index contributed by atoms with van der Waals surface area (Å²) < 4.78 is 52.9. The molecule has 4 saturated carbocycles. The molecule has 16 heteroatoms. The lowest BCUT2D eigenvalue weighted by Crippen LogP contribution is -2.59. The van der Waals surface area contributed by atoms with Crippen LogP contribution < -0.4 is 29.6 Å². The molecule has 3 N–H and O–H groups in total. The molecule has 8 rings (SSSR count). The largest absolute Gasteiger partial charge is 0.496 e. The Morgan fingerprint density at radius 3 is 2.44 bits per heavy atom. The summed E-state index contributed by atoms with van der Waals surface area (Å²) in [5.41, 5.74) is -0.363. The Bertz CT molecular complexity index is 2150. The summed E-state index contributed by atoms with van der Waals surface area (Å²) in [5.74, 6) is -1.03. The van der Waals surface area contributed by atoms with E-state index in [1.165, 1.54) is 11.0 Å². The number of carbonyl (C=O) groups excluding carboxylic acids is 4. The Morgan fingerprint density at radius 1 is 1.02 bits per heavy atom. The van der Waals surface area contributed by atoms with Crippen molar-refractivity contribution in [1.82, 2.24) is 25.2 Å². The lowest BCUT2D eigenvalue weighted by molar-refractivity contribution is -0.142. The van der Waals surface area contributed by atoms with Crippen molar-refractivity contribution in [1.29, 1.82) is 0 Å². The second-order valence-corrected chi connectivity index (χ2v) is 20.9. The Hall–Kier alpha value is -4.60. The van der Waals surface area contributed by atoms with Crippen molar-refractivity contribution < 1.29 is 46.5 Å². The van der Waals surface area contributed by atoms with E-state index in [1.807, 2.05) is 26.0 Å². The molecular formula is C45H61N5O10S. The van der Waals surface area contributed by atoms with Crippen LogP contribution in [0.1, 0.15) is 116 Å². The van der Waals surface area contributed by atoms with Crippen LogP contribution in [0.15, 0.2) is 30.9 Å². The number of aromatic nitrogens is 1. The van der Waals surface area contributed by atoms with Crippen LogP contribution in [0.5, 0.6) is 17.4 Å². The monoisotopic (exact) mass is 863 g/mol. The van der Waals surface area contributed by atoms with Gasteiger partial charge >= 0.3 is 6.09 Å². The Morgan fingerprint density at radius 2 is 1.75 bits per heavy atom. The standard InChI is InChI=1S/C45H61N5O10S/c1-5-29-24-45(29,42(53)49-61(55,56)32-17-18-32)48-40(51)35-21-31-25-50(35)41(52)39(27-12-7-6-8-13-27)47-43(54)58-26-44(2,3)19-11-14-28-20-33-34(22-36(28)57-4)46-38(23-37(33)59-31)60-30-15-9-10-16-30/h5,20,22-23,27,29-32,35,39H,1,6-19,21,24-26H2,2-4H3,(H,47,54)(H,48,51)(H,49,53)/t29-,31+,35-,39-,45?/m0/s1. The number of hydrogen-bond acceptors (Lipinski definition) is 11. The van der Waals surface area contributed by atoms with Crippen molar-refractivity contribution >= 4 is 44.7 Å². The molecule has 1 saturated heterocycles. The zero-order valence-electron chi connectivity index (χ0n) is 35.7. The number of cyclic esters (lactones) is 1. The predicted octanol–water partition coefficient (Wildman–Crippen LogP) is 5.62. The van der Waals surface area contributed by atoms with E-state index in [4.69, 9.17) is 23.9 Å². The van der Waals surface area contributed by atoms with Gasteiger partial charge in [-0.05, 0) is 100 Å². The fourth-order valence-corrected chi connectivity index (χ4v) is 11.2. The average Bonchev–Trinajstić information content (AvgIpc) is 4.12. The molecule has 1 aromatic heterocycles. The Labute approximate surface area is 358 Å². The second-order valence-electron chi connectivity index (χ2n) is 18.9. The van der Waals surface area contributed by atoms with Crippen LogP contribution >= 0.6 is 0 Å². The molecule has 4 aliphatic carbocycles. The number of methoxy groups -OCH3 is 1. The second kappa shape index (κ2) is 17.3. The molecule has 4 amide bonds. The molecule has 6 aliphatic rings. The zero-order chi connectivity index (χ0) is 43.1. The molecule has 61 heavy (non-hydrogen) atoms. The van der Waals surface area contributed by atoms with Crippen LogP contribution in [0.4, 0.5) is 4.79 Å². The molecule has 4 bridgehead atoms. The molecule has 5 fully saturated rings. The minimum absolute atomic E-state index is 0.00428. The Balaban J connectivity index is 1.17. The van der Waals surface area contributed by atoms with Crippen LogP contribution in [0, 0.1) is 17.3 Å². The number of nitrogens with zero attached hydrogens (tertiary/aromatic N) is 2. The average molecular weight is 864 g/mol. The summed E-state index contributed by atoms with van der Waals surface area (Å²) >= 11 is 0. The van der Waals surface area contributed by atoms with Crippen LogP contribution in [-0.4, -0.2) is 97.5 Å². The highest BCUT2D eigenvalue weighted by molar-refractivity contribution is 7.91. The third-order valence-electron chi connectivity index (χ3n) is 13.7. The molecular weight excluding hydrogens is 803 g/mol. The lowest BCUT2D eigenvalue weighted by Gasteiger charge is -2.35. The molecule has 2 aliphatic heterocycles. The van der Waals surface area contributed by atoms with E-state index in [0.717, 1.165) is 68.7 Å². The Kier molecular flexibility index (Phi) is 12.2. The van der Waals surface area contributed by atoms with Crippen molar-refractivity contribution in [3.05, 3.63) is 36.4 Å². The maximum Gasteiger partial charge on any atom is 0.407 e. The number of pyridine rings is 1. The molecule has 15 nitrogen and oxygen atoms in total. The van der Waals surface area contributed by atoms with Gasteiger partial charge in [0, 0.05) is 29.9 Å². The summed E-state index contributed by atoms with van der Waals surface area (Å²) in [7, 11) is -2.28. The van der Waals surface area contributed by atoms with E-state index >= 15 is 4.79 Å². The van der Waals surface area contributed by atoms with Crippen molar-refractivity contribution in [3.63, 3.8) is 0 Å². The summed E-state index contributed by atoms with van der Waals surface area (Å²) in [6.45, 7) is 8.05. The van der Waals surface area contributed by atoms with Crippen molar-refractivity contribution in [2.75, 3.05) is 20.3 Å². The van der Waals surface area contributed by atoms with Gasteiger partial charge in [-0.2, -0.15) is 0 Å². The minimum atomic E-state index is -3.91. The van der Waals surface area contributed by atoms with Crippen LogP contribution in [-0.2, 0) is 35.6 Å². The number of aryl methyl sites for hydroxylation is 1. The number of ether oxygens (including phenoxy) is 4. The van der Waals surface area contributed by atoms with E-state index < -0.39 is 68.7 Å². The van der Waals surface area contributed by atoms with E-state index in [0.29, 0.717) is 55.0 Å². The summed E-state index contributed by atoms with van der Waals surface area (Å²) in [5, 5.41) is 5.90. The number of sulfonamides is 1. The third-order valence-corrected chi connectivity index (χ3v) is 15.5. The topological polar surface area (TPSA) is 192 Å². The maximum absolute atomic E-state index is 15.0. The van der Waals surface area contributed by atoms with E-state index in [2.05, 4.69) is 21.9 Å². The molecule has 5 atom stereocenters. The number of rotatable bonds is 10. The van der Waals surface area contributed by atoms with E-state index in [-0.39, 0.29) is 43.4 Å². The van der Waals surface area contributed by atoms with Gasteiger partial charge in [-0.1, -0.05) is 39.2 Å². The molecule has 1 unspecified atom stereocenters. The smallest absolute Gasteiger partial charge is 0.407 e. The molecule has 3 heterocycles. The van der Waals surface area contributed by atoms with Gasteiger partial charge in [0.2, 0.25) is 27.7 Å². The number of nitrogens with one attached hydrogen (secondary N) is 3. The SMILES string of the molecule is C=C[C@H]1CC1(NC(=O)[C@@H]1C[C@@H]2CN1C(=O)[C@H](C1CCCCC1)NC(=O)OCC(C)(C)CCCc1cc3c(cc(OC4CCCC4)nc3cc1OC)O2)C(=O)NS(=O)(=O)C1CC1. The summed E-state index contributed by atoms with van der Waals surface area (Å²) in [6.07, 6.45) is 11.7. The first kappa shape index (κ1) is 43.1. The third kappa shape index (κ3) is 9.43. The van der Waals surface area contributed by atoms with Crippen LogP contribution in [0.25, 0.3) is 10.9 Å². The van der Waals surface area contributed by atoms with Gasteiger partial charge in [0.25, 0.3) is 5.91 Å². The molecule has 0 spiro atoms. The number of carbonyl (C=O) groups is 4. The van der Waals surface area contributed by atoms with Gasteiger partial charge in [-0.3, -0.25) is 19.1 Å². The predicted molar refractivity (Wildman–Crippen MR) is 227 cm³/mol. The van der Waals surface area contributed by atoms with Gasteiger partial charge in [0.1, 0.15) is 41.3 Å². The van der Waals surface area contributed by atoms with E-state index in [1.54, 1.807) is 13.2 Å². The van der Waals surface area contributed by atoms with Gasteiger partial charge < -0.3 is 34.5 Å². The van der Waals surface area contributed by atoms with Gasteiger partial charge in [-0.15, -0.1) is 6.58 Å². The first-order valence-electron chi connectivity index (χ1n) is 22.3. The number of fused-ring (bicyclic) bond motifs is 3. The summed E-state index contributed by atoms with van der Waals surface area (Å²) in [6, 6.07) is 3.60. The maximum atomic E-state index is 15.0. The fourth-order valence-electron chi connectivity index (χ4n) is 9.83.